The van der Waals surface area contributed by atoms with Gasteiger partial charge in [0.1, 0.15) is 0 Å². The number of carbonyl (C=O) groups is 1. The number of benzene rings is 1. The minimum Gasteiger partial charge on any atom is -0.290 e. The quantitative estimate of drug-likeness (QED) is 0.743. The van der Waals surface area contributed by atoms with Crippen molar-refractivity contribution in [1.29, 1.82) is 0 Å². The SMILES string of the molecule is O=C(CCSc1ccccc1)C(F)(F)F. The fraction of sp³-hybridized carbons (Fsp3) is 0.300. The average Bonchev–Trinajstić information content (AvgIpc) is 2.18. The zero-order valence-corrected chi connectivity index (χ0v) is 8.57. The van der Waals surface area contributed by atoms with Gasteiger partial charge in [0, 0.05) is 17.1 Å². The van der Waals surface area contributed by atoms with Crippen LogP contribution < -0.4 is 0 Å². The lowest BCUT2D eigenvalue weighted by atomic mass is 10.3. The first-order chi connectivity index (χ1) is 7.00. The highest BCUT2D eigenvalue weighted by atomic mass is 32.2. The van der Waals surface area contributed by atoms with Crippen molar-refractivity contribution in [1.82, 2.24) is 0 Å². The number of hydrogen-bond donors (Lipinski definition) is 0. The summed E-state index contributed by atoms with van der Waals surface area (Å²) >= 11 is 1.24. The summed E-state index contributed by atoms with van der Waals surface area (Å²) in [5.41, 5.74) is 0. The minimum atomic E-state index is -4.70. The highest BCUT2D eigenvalue weighted by Gasteiger charge is 2.37. The summed E-state index contributed by atoms with van der Waals surface area (Å²) in [7, 11) is 0. The third kappa shape index (κ3) is 4.38. The van der Waals surface area contributed by atoms with E-state index < -0.39 is 18.4 Å². The second kappa shape index (κ2) is 5.21. The predicted octanol–water partition coefficient (Wildman–Crippen LogP) is 3.30. The molecule has 5 heteroatoms. The maximum atomic E-state index is 11.8. The summed E-state index contributed by atoms with van der Waals surface area (Å²) in [6.07, 6.45) is -5.17. The number of thioether (sulfide) groups is 1. The van der Waals surface area contributed by atoms with E-state index in [-0.39, 0.29) is 5.75 Å². The van der Waals surface area contributed by atoms with Crippen LogP contribution in [0.2, 0.25) is 0 Å². The van der Waals surface area contributed by atoms with Crippen LogP contribution in [0.3, 0.4) is 0 Å². The topological polar surface area (TPSA) is 17.1 Å². The fourth-order valence-electron chi connectivity index (χ4n) is 0.920. The van der Waals surface area contributed by atoms with Gasteiger partial charge in [-0.3, -0.25) is 4.79 Å². The van der Waals surface area contributed by atoms with Crippen LogP contribution in [0.5, 0.6) is 0 Å². The van der Waals surface area contributed by atoms with E-state index in [4.69, 9.17) is 0 Å². The normalized spacial score (nSPS) is 11.4. The molecule has 0 aliphatic rings. The van der Waals surface area contributed by atoms with Crippen molar-refractivity contribution in [3.8, 4) is 0 Å². The summed E-state index contributed by atoms with van der Waals surface area (Å²) in [5, 5.41) is 0. The van der Waals surface area contributed by atoms with Crippen LogP contribution in [0, 0.1) is 0 Å². The van der Waals surface area contributed by atoms with Gasteiger partial charge >= 0.3 is 6.18 Å². The third-order valence-electron chi connectivity index (χ3n) is 1.66. The molecule has 0 heterocycles. The molecule has 0 saturated carbocycles. The molecule has 1 aromatic carbocycles. The summed E-state index contributed by atoms with van der Waals surface area (Å²) in [4.78, 5) is 11.4. The molecule has 0 saturated heterocycles. The molecule has 15 heavy (non-hydrogen) atoms. The van der Waals surface area contributed by atoms with Crippen LogP contribution in [0.25, 0.3) is 0 Å². The lowest BCUT2D eigenvalue weighted by Crippen LogP contribution is -2.22. The van der Waals surface area contributed by atoms with Gasteiger partial charge in [0.2, 0.25) is 5.78 Å². The number of halogens is 3. The molecule has 0 aliphatic carbocycles. The van der Waals surface area contributed by atoms with Gasteiger partial charge in [0.15, 0.2) is 0 Å². The Morgan fingerprint density at radius 2 is 1.80 bits per heavy atom. The Hall–Kier alpha value is -0.970. The molecule has 1 nitrogen and oxygen atoms in total. The highest BCUT2D eigenvalue weighted by molar-refractivity contribution is 7.99. The van der Waals surface area contributed by atoms with E-state index in [0.29, 0.717) is 0 Å². The molecule has 82 valence electrons. The van der Waals surface area contributed by atoms with Crippen LogP contribution in [0.4, 0.5) is 13.2 Å². The van der Waals surface area contributed by atoms with Crippen molar-refractivity contribution >= 4 is 17.5 Å². The van der Waals surface area contributed by atoms with Crippen molar-refractivity contribution in [2.45, 2.75) is 17.5 Å². The van der Waals surface area contributed by atoms with Crippen LogP contribution in [-0.2, 0) is 4.79 Å². The Bertz CT molecular complexity index is 321. The number of ketones is 1. The van der Waals surface area contributed by atoms with Crippen molar-refractivity contribution in [2.75, 3.05) is 5.75 Å². The molecular formula is C10H9F3OS. The van der Waals surface area contributed by atoms with Crippen LogP contribution in [0.15, 0.2) is 35.2 Å². The lowest BCUT2D eigenvalue weighted by Gasteiger charge is -2.04. The van der Waals surface area contributed by atoms with E-state index in [9.17, 15) is 18.0 Å². The number of hydrogen-bond acceptors (Lipinski definition) is 2. The largest absolute Gasteiger partial charge is 0.450 e. The Kier molecular flexibility index (Phi) is 4.20. The van der Waals surface area contributed by atoms with Gasteiger partial charge < -0.3 is 0 Å². The molecule has 1 aromatic rings. The molecule has 0 unspecified atom stereocenters. The number of Topliss-reactive ketones (excluding diaryl/α,β-unsaturated/α-hetero) is 1. The summed E-state index contributed by atoms with van der Waals surface area (Å²) in [6, 6.07) is 9.01. The molecule has 0 amide bonds. The first-order valence-electron chi connectivity index (χ1n) is 4.28. The van der Waals surface area contributed by atoms with Crippen LogP contribution in [0.1, 0.15) is 6.42 Å². The zero-order valence-electron chi connectivity index (χ0n) is 7.75. The van der Waals surface area contributed by atoms with Gasteiger partial charge in [-0.05, 0) is 12.1 Å². The number of carbonyl (C=O) groups excluding carboxylic acids is 1. The standard InChI is InChI=1S/C10H9F3OS/c11-10(12,13)9(14)6-7-15-8-4-2-1-3-5-8/h1-5H,6-7H2. The highest BCUT2D eigenvalue weighted by Crippen LogP contribution is 2.22. The van der Waals surface area contributed by atoms with Gasteiger partial charge in [-0.25, -0.2) is 0 Å². The molecule has 0 aliphatic heterocycles. The Morgan fingerprint density at radius 3 is 2.33 bits per heavy atom. The minimum absolute atomic E-state index is 0.155. The van der Waals surface area contributed by atoms with Crippen molar-refractivity contribution in [2.24, 2.45) is 0 Å². The van der Waals surface area contributed by atoms with Gasteiger partial charge in [-0.2, -0.15) is 13.2 Å². The lowest BCUT2D eigenvalue weighted by molar-refractivity contribution is -0.170. The molecule has 0 fully saturated rings. The van der Waals surface area contributed by atoms with E-state index in [0.717, 1.165) is 4.90 Å². The first kappa shape index (κ1) is 12.1. The van der Waals surface area contributed by atoms with E-state index in [1.807, 2.05) is 6.07 Å². The Labute approximate surface area is 89.7 Å². The number of alkyl halides is 3. The van der Waals surface area contributed by atoms with E-state index in [2.05, 4.69) is 0 Å². The first-order valence-corrected chi connectivity index (χ1v) is 5.26. The van der Waals surface area contributed by atoms with Crippen molar-refractivity contribution in [3.05, 3.63) is 30.3 Å². The van der Waals surface area contributed by atoms with E-state index in [1.54, 1.807) is 24.3 Å². The maximum Gasteiger partial charge on any atom is 0.450 e. The fourth-order valence-corrected chi connectivity index (χ4v) is 1.79. The van der Waals surface area contributed by atoms with Gasteiger partial charge in [-0.1, -0.05) is 18.2 Å². The molecule has 0 aromatic heterocycles. The zero-order chi connectivity index (χ0) is 11.3. The van der Waals surface area contributed by atoms with Crippen LogP contribution >= 0.6 is 11.8 Å². The maximum absolute atomic E-state index is 11.8. The average molecular weight is 234 g/mol. The van der Waals surface area contributed by atoms with Crippen LogP contribution in [-0.4, -0.2) is 17.7 Å². The third-order valence-corrected chi connectivity index (χ3v) is 2.67. The molecule has 0 N–H and O–H groups in total. The van der Waals surface area contributed by atoms with Crippen molar-refractivity contribution < 1.29 is 18.0 Å². The summed E-state index contributed by atoms with van der Waals surface area (Å²) in [5.74, 6) is -1.51. The van der Waals surface area contributed by atoms with E-state index in [1.165, 1.54) is 11.8 Å². The monoisotopic (exact) mass is 234 g/mol. The van der Waals surface area contributed by atoms with Gasteiger partial charge in [-0.15, -0.1) is 11.8 Å². The second-order valence-electron chi connectivity index (χ2n) is 2.83. The molecule has 0 atom stereocenters. The van der Waals surface area contributed by atoms with E-state index >= 15 is 0 Å². The molecule has 0 radical (unpaired) electrons. The molecular weight excluding hydrogens is 225 g/mol. The van der Waals surface area contributed by atoms with Crippen molar-refractivity contribution in [3.63, 3.8) is 0 Å². The molecule has 0 spiro atoms. The Morgan fingerprint density at radius 1 is 1.20 bits per heavy atom. The second-order valence-corrected chi connectivity index (χ2v) is 4.00. The predicted molar refractivity (Wildman–Crippen MR) is 52.8 cm³/mol. The summed E-state index contributed by atoms with van der Waals surface area (Å²) in [6.45, 7) is 0. The van der Waals surface area contributed by atoms with Gasteiger partial charge in [0.05, 0.1) is 0 Å². The Balaban J connectivity index is 2.32. The summed E-state index contributed by atoms with van der Waals surface area (Å²) < 4.78 is 35.4. The smallest absolute Gasteiger partial charge is 0.290 e. The number of rotatable bonds is 4. The van der Waals surface area contributed by atoms with Gasteiger partial charge in [0.25, 0.3) is 0 Å². The molecule has 0 bridgehead atoms. The molecule has 1 rings (SSSR count).